The van der Waals surface area contributed by atoms with Crippen LogP contribution in [0.2, 0.25) is 0 Å². The molecule has 0 unspecified atom stereocenters. The monoisotopic (exact) mass is 755 g/mol. The predicted molar refractivity (Wildman–Crippen MR) is 223 cm³/mol. The van der Waals surface area contributed by atoms with Crippen LogP contribution in [0.3, 0.4) is 0 Å². The van der Waals surface area contributed by atoms with Crippen molar-refractivity contribution in [3.8, 4) is 0 Å². The van der Waals surface area contributed by atoms with Crippen LogP contribution in [0.15, 0.2) is 0 Å². The van der Waals surface area contributed by atoms with E-state index in [1.54, 1.807) is 0 Å². The number of carbonyl (C=O) groups is 1. The Labute approximate surface area is 325 Å². The maximum atomic E-state index is 12.7. The second kappa shape index (κ2) is 39.9. The molecule has 9 heteroatoms. The van der Waals surface area contributed by atoms with E-state index in [4.69, 9.17) is 9.47 Å². The average Bonchev–Trinajstić information content (AvgIpc) is 3.10. The molecule has 0 fully saturated rings. The van der Waals surface area contributed by atoms with Crippen LogP contribution in [0, 0.1) is 0 Å². The van der Waals surface area contributed by atoms with Crippen LogP contribution in [-0.4, -0.2) is 104 Å². The van der Waals surface area contributed by atoms with E-state index in [0.29, 0.717) is 25.5 Å². The second-order valence-corrected chi connectivity index (χ2v) is 14.2. The van der Waals surface area contributed by atoms with Crippen molar-refractivity contribution in [3.63, 3.8) is 0 Å². The smallest absolute Gasteiger partial charge is 0.434 e. The highest BCUT2D eigenvalue weighted by Gasteiger charge is 2.26. The van der Waals surface area contributed by atoms with Crippen LogP contribution in [-0.2, 0) is 9.47 Å². The van der Waals surface area contributed by atoms with Crippen molar-refractivity contribution in [2.24, 2.45) is 0 Å². The normalized spacial score (nSPS) is 11.6. The lowest BCUT2D eigenvalue weighted by Crippen LogP contribution is -2.50. The van der Waals surface area contributed by atoms with Gasteiger partial charge in [-0.15, -0.1) is 24.8 Å². The molecule has 0 aliphatic carbocycles. The van der Waals surface area contributed by atoms with Crippen LogP contribution in [0.1, 0.15) is 184 Å². The van der Waals surface area contributed by atoms with Gasteiger partial charge in [0.1, 0.15) is 0 Å². The van der Waals surface area contributed by atoms with Crippen molar-refractivity contribution in [2.75, 3.05) is 65.6 Å². The first-order valence-electron chi connectivity index (χ1n) is 21.2. The third-order valence-electron chi connectivity index (χ3n) is 9.73. The summed E-state index contributed by atoms with van der Waals surface area (Å²) in [5, 5.41) is 0. The summed E-state index contributed by atoms with van der Waals surface area (Å²) in [5.74, 6) is 0. The number of nitrogens with zero attached hydrogens (tertiary/aromatic N) is 4. The predicted octanol–water partition coefficient (Wildman–Crippen LogP) is 11.8. The zero-order chi connectivity index (χ0) is 35.7. The molecule has 0 rings (SSSR count). The van der Waals surface area contributed by atoms with E-state index < -0.39 is 6.16 Å². The molecule has 0 spiro atoms. The standard InChI is InChI=1S/C41H86N4O3.2ClH/c1-9-17-29-42(30-18-10-2)39(43(31-19-11-3)32-20-12-4)27-25-37-47-41(46)48-38-26-28-40(44(33-21-13-5)34-22-14-6)45(35-23-15-7)36-24-16-8;;/h39-40H,9-38H2,1-8H3;2*1H. The SMILES string of the molecule is CCCCN(CCCC)C(CCCOC(=O)OCCCC(N(CCCC)CCCC)N(CCCC)CCCC)N(CCCC)CCCC.Cl.Cl. The summed E-state index contributed by atoms with van der Waals surface area (Å²) in [5.41, 5.74) is 0. The Morgan fingerprint density at radius 3 is 0.760 bits per heavy atom. The molecule has 0 atom stereocenters. The number of hydrogen-bond donors (Lipinski definition) is 0. The molecule has 7 nitrogen and oxygen atoms in total. The van der Waals surface area contributed by atoms with Gasteiger partial charge in [-0.05, 0) is 129 Å². The van der Waals surface area contributed by atoms with Gasteiger partial charge in [0.15, 0.2) is 0 Å². The molecular weight excluding hydrogens is 667 g/mol. The molecule has 0 N–H and O–H groups in total. The van der Waals surface area contributed by atoms with Crippen LogP contribution in [0.4, 0.5) is 4.79 Å². The van der Waals surface area contributed by atoms with Crippen molar-refractivity contribution in [1.82, 2.24) is 19.6 Å². The molecule has 0 bridgehead atoms. The van der Waals surface area contributed by atoms with Crippen LogP contribution < -0.4 is 0 Å². The highest BCUT2D eigenvalue weighted by atomic mass is 35.5. The van der Waals surface area contributed by atoms with Gasteiger partial charge < -0.3 is 9.47 Å². The van der Waals surface area contributed by atoms with Crippen molar-refractivity contribution in [3.05, 3.63) is 0 Å². The number of rotatable bonds is 36. The lowest BCUT2D eigenvalue weighted by atomic mass is 10.1. The van der Waals surface area contributed by atoms with E-state index in [1.807, 2.05) is 0 Å². The molecule has 50 heavy (non-hydrogen) atoms. The van der Waals surface area contributed by atoms with E-state index in [0.717, 1.165) is 78.0 Å². The number of unbranched alkanes of at least 4 members (excludes halogenated alkanes) is 8. The van der Waals surface area contributed by atoms with Gasteiger partial charge in [0.05, 0.1) is 25.5 Å². The number of ether oxygens (including phenoxy) is 2. The summed E-state index contributed by atoms with van der Waals surface area (Å²) >= 11 is 0. The Morgan fingerprint density at radius 2 is 0.580 bits per heavy atom. The van der Waals surface area contributed by atoms with Crippen molar-refractivity contribution in [1.29, 1.82) is 0 Å². The van der Waals surface area contributed by atoms with Gasteiger partial charge in [-0.1, -0.05) is 107 Å². The Balaban J connectivity index is -0.0000110. The van der Waals surface area contributed by atoms with Gasteiger partial charge in [-0.2, -0.15) is 0 Å². The topological polar surface area (TPSA) is 48.5 Å². The van der Waals surface area contributed by atoms with Crippen molar-refractivity contribution >= 4 is 31.0 Å². The average molecular weight is 756 g/mol. The van der Waals surface area contributed by atoms with E-state index in [2.05, 4.69) is 75.0 Å². The van der Waals surface area contributed by atoms with E-state index >= 15 is 0 Å². The van der Waals surface area contributed by atoms with Gasteiger partial charge in [0.25, 0.3) is 0 Å². The molecule has 0 saturated heterocycles. The largest absolute Gasteiger partial charge is 0.508 e. The van der Waals surface area contributed by atoms with Gasteiger partial charge in [-0.3, -0.25) is 19.6 Å². The quantitative estimate of drug-likeness (QED) is 0.0358. The van der Waals surface area contributed by atoms with Crippen LogP contribution in [0.5, 0.6) is 0 Å². The van der Waals surface area contributed by atoms with Crippen LogP contribution in [0.25, 0.3) is 0 Å². The van der Waals surface area contributed by atoms with Crippen molar-refractivity contribution in [2.45, 2.75) is 196 Å². The molecule has 0 aromatic heterocycles. The Morgan fingerprint density at radius 1 is 0.380 bits per heavy atom. The molecule has 0 aromatic rings. The first-order valence-corrected chi connectivity index (χ1v) is 21.2. The van der Waals surface area contributed by atoms with Gasteiger partial charge in [0, 0.05) is 0 Å². The molecule has 0 saturated carbocycles. The molecule has 0 amide bonds. The summed E-state index contributed by atoms with van der Waals surface area (Å²) in [4.78, 5) is 23.7. The number of carbonyl (C=O) groups excluding carboxylic acids is 1. The first kappa shape index (κ1) is 54.0. The second-order valence-electron chi connectivity index (χ2n) is 14.2. The van der Waals surface area contributed by atoms with Gasteiger partial charge >= 0.3 is 6.16 Å². The summed E-state index contributed by atoms with van der Waals surface area (Å²) in [6.45, 7) is 28.5. The summed E-state index contributed by atoms with van der Waals surface area (Å²) in [7, 11) is 0. The first-order chi connectivity index (χ1) is 23.5. The minimum Gasteiger partial charge on any atom is -0.434 e. The maximum Gasteiger partial charge on any atom is 0.508 e. The fraction of sp³-hybridized carbons (Fsp3) is 0.976. The summed E-state index contributed by atoms with van der Waals surface area (Å²) < 4.78 is 11.3. The Hall–Kier alpha value is -0.310. The third-order valence-corrected chi connectivity index (χ3v) is 9.73. The fourth-order valence-corrected chi connectivity index (χ4v) is 6.61. The molecule has 0 heterocycles. The number of halogens is 2. The molecule has 304 valence electrons. The Bertz CT molecular complexity index is 568. The molecule has 0 aliphatic heterocycles. The lowest BCUT2D eigenvalue weighted by molar-refractivity contribution is 0.0136. The van der Waals surface area contributed by atoms with Gasteiger partial charge in [-0.25, -0.2) is 4.79 Å². The van der Waals surface area contributed by atoms with E-state index in [9.17, 15) is 4.79 Å². The highest BCUT2D eigenvalue weighted by Crippen LogP contribution is 2.19. The van der Waals surface area contributed by atoms with E-state index in [1.165, 1.54) is 103 Å². The summed E-state index contributed by atoms with van der Waals surface area (Å²) in [6, 6.07) is 0. The van der Waals surface area contributed by atoms with Crippen molar-refractivity contribution < 1.29 is 14.3 Å². The minimum atomic E-state index is -0.492. The molecule has 0 aliphatic rings. The fourth-order valence-electron chi connectivity index (χ4n) is 6.61. The molecule has 0 radical (unpaired) electrons. The summed E-state index contributed by atoms with van der Waals surface area (Å²) in [6.07, 6.45) is 23.9. The van der Waals surface area contributed by atoms with Crippen LogP contribution >= 0.6 is 24.8 Å². The lowest BCUT2D eigenvalue weighted by Gasteiger charge is -2.40. The zero-order valence-corrected chi connectivity index (χ0v) is 36.3. The molecular formula is C41H88Cl2N4O3. The molecule has 0 aromatic carbocycles. The number of hydrogen-bond acceptors (Lipinski definition) is 7. The Kier molecular flexibility index (Phi) is 43.1. The van der Waals surface area contributed by atoms with Gasteiger partial charge in [0.2, 0.25) is 0 Å². The zero-order valence-electron chi connectivity index (χ0n) is 34.7. The third kappa shape index (κ3) is 27.3. The highest BCUT2D eigenvalue weighted by molar-refractivity contribution is 5.85. The minimum absolute atomic E-state index is 0. The maximum absolute atomic E-state index is 12.7. The van der Waals surface area contributed by atoms with E-state index in [-0.39, 0.29) is 24.8 Å².